The van der Waals surface area contributed by atoms with Crippen LogP contribution >= 0.6 is 7.14 Å². The molecule has 2 aromatic rings. The highest BCUT2D eigenvalue weighted by Gasteiger charge is 2.40. The van der Waals surface area contributed by atoms with E-state index >= 15 is 0 Å². The molecule has 0 heterocycles. The fourth-order valence-electron chi connectivity index (χ4n) is 3.29. The maximum Gasteiger partial charge on any atom is 0.151 e. The predicted molar refractivity (Wildman–Crippen MR) is 91.2 cm³/mol. The van der Waals surface area contributed by atoms with E-state index in [1.54, 1.807) is 0 Å². The monoisotopic (exact) mass is 313 g/mol. The van der Waals surface area contributed by atoms with Crippen molar-refractivity contribution in [3.8, 4) is 0 Å². The Bertz CT molecular complexity index is 654. The van der Waals surface area contributed by atoms with Gasteiger partial charge in [-0.05, 0) is 19.3 Å². The van der Waals surface area contributed by atoms with Crippen molar-refractivity contribution in [2.24, 2.45) is 5.16 Å². The Balaban J connectivity index is 2.18. The maximum absolute atomic E-state index is 14.1. The van der Waals surface area contributed by atoms with E-state index in [1.165, 1.54) is 0 Å². The number of oxime groups is 1. The summed E-state index contributed by atoms with van der Waals surface area (Å²) in [6.45, 7) is 0. The van der Waals surface area contributed by atoms with Gasteiger partial charge in [0.1, 0.15) is 0 Å². The lowest BCUT2D eigenvalue weighted by Crippen LogP contribution is -2.34. The third-order valence-electron chi connectivity index (χ3n) is 4.39. The summed E-state index contributed by atoms with van der Waals surface area (Å²) in [5.41, 5.74) is 0.485. The maximum atomic E-state index is 14.1. The molecule has 1 aliphatic carbocycles. The van der Waals surface area contributed by atoms with Crippen molar-refractivity contribution in [3.05, 3.63) is 60.7 Å². The van der Waals surface area contributed by atoms with Crippen LogP contribution in [0.3, 0.4) is 0 Å². The van der Waals surface area contributed by atoms with Gasteiger partial charge in [0.15, 0.2) is 7.14 Å². The van der Waals surface area contributed by atoms with Gasteiger partial charge in [-0.25, -0.2) is 0 Å². The number of nitrogens with zero attached hydrogens (tertiary/aromatic N) is 1. The molecule has 0 aliphatic heterocycles. The molecule has 3 rings (SSSR count). The first-order chi connectivity index (χ1) is 10.8. The number of benzene rings is 2. The average Bonchev–Trinajstić information content (AvgIpc) is 2.62. The number of rotatable bonds is 3. The SMILES string of the molecule is O=P(c1ccccc1)(c1ccccc1)C1CCCC/C1=N\O. The zero-order chi connectivity index (χ0) is 15.4. The summed E-state index contributed by atoms with van der Waals surface area (Å²) in [5, 5.41) is 14.6. The first-order valence-electron chi connectivity index (χ1n) is 7.68. The third-order valence-corrected chi connectivity index (χ3v) is 7.96. The number of hydrogen-bond acceptors (Lipinski definition) is 3. The molecule has 1 saturated carbocycles. The van der Waals surface area contributed by atoms with E-state index < -0.39 is 7.14 Å². The predicted octanol–water partition coefficient (Wildman–Crippen LogP) is 3.77. The average molecular weight is 313 g/mol. The molecule has 1 atom stereocenters. The molecule has 0 radical (unpaired) electrons. The largest absolute Gasteiger partial charge is 0.411 e. The van der Waals surface area contributed by atoms with Crippen molar-refractivity contribution in [1.82, 2.24) is 0 Å². The minimum atomic E-state index is -2.86. The van der Waals surface area contributed by atoms with Gasteiger partial charge in [-0.1, -0.05) is 72.2 Å². The first kappa shape index (κ1) is 15.1. The lowest BCUT2D eigenvalue weighted by Gasteiger charge is -2.32. The van der Waals surface area contributed by atoms with Gasteiger partial charge in [0.2, 0.25) is 0 Å². The van der Waals surface area contributed by atoms with E-state index in [-0.39, 0.29) is 5.66 Å². The van der Waals surface area contributed by atoms with Gasteiger partial charge < -0.3 is 9.77 Å². The van der Waals surface area contributed by atoms with E-state index in [4.69, 9.17) is 0 Å². The molecular weight excluding hydrogens is 293 g/mol. The molecule has 0 saturated heterocycles. The summed E-state index contributed by atoms with van der Waals surface area (Å²) in [5.74, 6) is 0. The van der Waals surface area contributed by atoms with E-state index in [1.807, 2.05) is 60.7 Å². The molecule has 0 amide bonds. The van der Waals surface area contributed by atoms with E-state index in [0.29, 0.717) is 5.71 Å². The zero-order valence-corrected chi connectivity index (χ0v) is 13.3. The quantitative estimate of drug-likeness (QED) is 0.533. The highest BCUT2D eigenvalue weighted by molar-refractivity contribution is 7.80. The molecule has 0 spiro atoms. The normalized spacial score (nSPS) is 20.9. The Morgan fingerprint density at radius 3 is 1.95 bits per heavy atom. The van der Waals surface area contributed by atoms with Crippen molar-refractivity contribution >= 4 is 23.5 Å². The van der Waals surface area contributed by atoms with Crippen molar-refractivity contribution in [2.75, 3.05) is 0 Å². The van der Waals surface area contributed by atoms with Crippen molar-refractivity contribution in [2.45, 2.75) is 31.3 Å². The molecule has 22 heavy (non-hydrogen) atoms. The number of hydrogen-bond donors (Lipinski definition) is 1. The van der Waals surface area contributed by atoms with E-state index in [2.05, 4.69) is 5.16 Å². The van der Waals surface area contributed by atoms with Crippen LogP contribution in [0, 0.1) is 0 Å². The van der Waals surface area contributed by atoms with Gasteiger partial charge in [-0.15, -0.1) is 0 Å². The Labute approximate surface area is 131 Å². The first-order valence-corrected chi connectivity index (χ1v) is 9.46. The fraction of sp³-hybridized carbons (Fsp3) is 0.278. The summed E-state index contributed by atoms with van der Waals surface area (Å²) < 4.78 is 14.1. The molecular formula is C18H20NO2P. The van der Waals surface area contributed by atoms with Crippen LogP contribution in [0.25, 0.3) is 0 Å². The summed E-state index contributed by atoms with van der Waals surface area (Å²) in [6.07, 6.45) is 3.55. The Kier molecular flexibility index (Phi) is 4.44. The Morgan fingerprint density at radius 1 is 0.909 bits per heavy atom. The van der Waals surface area contributed by atoms with Gasteiger partial charge in [-0.3, -0.25) is 0 Å². The van der Waals surface area contributed by atoms with Crippen LogP contribution in [0.1, 0.15) is 25.7 Å². The van der Waals surface area contributed by atoms with Crippen LogP contribution < -0.4 is 10.6 Å². The van der Waals surface area contributed by atoms with Crippen molar-refractivity contribution in [3.63, 3.8) is 0 Å². The van der Waals surface area contributed by atoms with Crippen LogP contribution in [0.2, 0.25) is 0 Å². The molecule has 2 aromatic carbocycles. The molecule has 0 aromatic heterocycles. The summed E-state index contributed by atoms with van der Waals surface area (Å²) in [4.78, 5) is 0. The minimum Gasteiger partial charge on any atom is -0.411 e. The molecule has 4 heteroatoms. The lowest BCUT2D eigenvalue weighted by molar-refractivity contribution is 0.314. The van der Waals surface area contributed by atoms with Gasteiger partial charge in [0.25, 0.3) is 0 Å². The summed E-state index contributed by atoms with van der Waals surface area (Å²) in [6, 6.07) is 19.3. The van der Waals surface area contributed by atoms with Gasteiger partial charge in [0.05, 0.1) is 11.4 Å². The van der Waals surface area contributed by atoms with E-state index in [9.17, 15) is 9.77 Å². The second kappa shape index (κ2) is 6.50. The molecule has 1 aliphatic rings. The van der Waals surface area contributed by atoms with Gasteiger partial charge >= 0.3 is 0 Å². The molecule has 114 valence electrons. The van der Waals surface area contributed by atoms with Crippen LogP contribution in [-0.2, 0) is 4.57 Å². The van der Waals surface area contributed by atoms with Crippen LogP contribution in [0.5, 0.6) is 0 Å². The van der Waals surface area contributed by atoms with Crippen LogP contribution in [-0.4, -0.2) is 16.6 Å². The highest BCUT2D eigenvalue weighted by atomic mass is 31.2. The lowest BCUT2D eigenvalue weighted by atomic mass is 9.98. The molecule has 1 fully saturated rings. The Hall–Kier alpha value is -1.86. The van der Waals surface area contributed by atoms with Gasteiger partial charge in [-0.2, -0.15) is 0 Å². The third kappa shape index (κ3) is 2.62. The van der Waals surface area contributed by atoms with Crippen molar-refractivity contribution in [1.29, 1.82) is 0 Å². The summed E-state index contributed by atoms with van der Waals surface area (Å²) in [7, 11) is -2.86. The summed E-state index contributed by atoms with van der Waals surface area (Å²) >= 11 is 0. The minimum absolute atomic E-state index is 0.198. The van der Waals surface area contributed by atoms with E-state index in [0.717, 1.165) is 36.3 Å². The van der Waals surface area contributed by atoms with Crippen LogP contribution in [0.4, 0.5) is 0 Å². The van der Waals surface area contributed by atoms with Crippen molar-refractivity contribution < 1.29 is 9.77 Å². The fourth-order valence-corrected chi connectivity index (χ4v) is 6.69. The molecule has 1 N–H and O–H groups in total. The smallest absolute Gasteiger partial charge is 0.151 e. The zero-order valence-electron chi connectivity index (χ0n) is 12.4. The molecule has 3 nitrogen and oxygen atoms in total. The standard InChI is InChI=1S/C18H20NO2P/c20-19-17-13-7-8-14-18(17)22(21,15-9-3-1-4-10-15)16-11-5-2-6-12-16/h1-6,9-12,18,20H,7-8,13-14H2/b19-17+. The second-order valence-electron chi connectivity index (χ2n) is 5.68. The topological polar surface area (TPSA) is 49.7 Å². The second-order valence-corrected chi connectivity index (χ2v) is 8.65. The highest BCUT2D eigenvalue weighted by Crippen LogP contribution is 2.52. The Morgan fingerprint density at radius 2 is 1.45 bits per heavy atom. The van der Waals surface area contributed by atoms with Gasteiger partial charge in [0, 0.05) is 10.6 Å². The molecule has 1 unspecified atom stereocenters. The van der Waals surface area contributed by atoms with Crippen LogP contribution in [0.15, 0.2) is 65.8 Å². The molecule has 0 bridgehead atoms.